The Bertz CT molecular complexity index is 773. The highest BCUT2D eigenvalue weighted by Crippen LogP contribution is 2.30. The summed E-state index contributed by atoms with van der Waals surface area (Å²) in [7, 11) is 3.64. The second kappa shape index (κ2) is 8.41. The van der Waals surface area contributed by atoms with Crippen molar-refractivity contribution in [3.63, 3.8) is 0 Å². The highest BCUT2D eigenvalue weighted by Gasteiger charge is 2.49. The Balaban J connectivity index is 1.72. The summed E-state index contributed by atoms with van der Waals surface area (Å²) < 4.78 is 5.15. The fraction of sp³-hybridized carbons (Fsp3) is 0.571. The summed E-state index contributed by atoms with van der Waals surface area (Å²) in [6, 6.07) is 6.59. The maximum absolute atomic E-state index is 13.1. The molecular weight excluding hydrogens is 372 g/mol. The molecule has 2 fully saturated rings. The number of likely N-dealkylation sites (tertiary alicyclic amines) is 1. The lowest BCUT2D eigenvalue weighted by atomic mass is 9.92. The number of benzene rings is 1. The number of imide groups is 1. The van der Waals surface area contributed by atoms with Crippen LogP contribution >= 0.6 is 0 Å². The lowest BCUT2D eigenvalue weighted by Crippen LogP contribution is -2.50. The van der Waals surface area contributed by atoms with E-state index < -0.39 is 17.5 Å². The first kappa shape index (κ1) is 21.1. The van der Waals surface area contributed by atoms with Gasteiger partial charge in [0.1, 0.15) is 17.8 Å². The standard InChI is InChI=1S/C21H30N4O4/c1-5-24(16-10-12-23(3)13-11-16)18(26)14-25-19(27)21(2,22-20(25)28)15-6-8-17(29-4)9-7-15/h6-9,16H,5,10-14H2,1-4H3,(H,22,28)/t21-/m0/s1. The van der Waals surface area contributed by atoms with Crippen molar-refractivity contribution in [2.45, 2.75) is 38.3 Å². The molecular formula is C21H30N4O4. The molecule has 1 atom stereocenters. The molecule has 2 aliphatic rings. The molecule has 2 heterocycles. The Morgan fingerprint density at radius 1 is 1.24 bits per heavy atom. The number of piperidine rings is 1. The van der Waals surface area contributed by atoms with Crippen molar-refractivity contribution in [1.29, 1.82) is 0 Å². The molecule has 0 aromatic heterocycles. The number of carbonyl (C=O) groups is 3. The summed E-state index contributed by atoms with van der Waals surface area (Å²) in [4.78, 5) is 43.7. The lowest BCUT2D eigenvalue weighted by Gasteiger charge is -2.37. The number of likely N-dealkylation sites (N-methyl/N-ethyl adjacent to an activating group) is 1. The van der Waals surface area contributed by atoms with E-state index in [9.17, 15) is 14.4 Å². The first-order valence-corrected chi connectivity index (χ1v) is 10.1. The summed E-state index contributed by atoms with van der Waals surface area (Å²) in [6.07, 6.45) is 1.81. The van der Waals surface area contributed by atoms with Crippen LogP contribution < -0.4 is 10.1 Å². The van der Waals surface area contributed by atoms with Crippen molar-refractivity contribution in [1.82, 2.24) is 20.0 Å². The van der Waals surface area contributed by atoms with Gasteiger partial charge in [-0.3, -0.25) is 14.5 Å². The molecule has 1 aromatic rings. The highest BCUT2D eigenvalue weighted by atomic mass is 16.5. The van der Waals surface area contributed by atoms with Gasteiger partial charge in [-0.05, 0) is 64.5 Å². The van der Waals surface area contributed by atoms with Crippen LogP contribution in [0.15, 0.2) is 24.3 Å². The summed E-state index contributed by atoms with van der Waals surface area (Å²) in [5, 5.41) is 2.75. The number of urea groups is 1. The Labute approximate surface area is 171 Å². The van der Waals surface area contributed by atoms with E-state index in [1.54, 1.807) is 43.2 Å². The zero-order valence-electron chi connectivity index (χ0n) is 17.6. The summed E-state index contributed by atoms with van der Waals surface area (Å²) in [5.74, 6) is 0.0582. The van der Waals surface area contributed by atoms with Crippen LogP contribution in [-0.4, -0.2) is 78.9 Å². The van der Waals surface area contributed by atoms with E-state index >= 15 is 0 Å². The third kappa shape index (κ3) is 4.07. The molecule has 4 amide bonds. The van der Waals surface area contributed by atoms with Gasteiger partial charge in [0.15, 0.2) is 0 Å². The number of amides is 4. The number of nitrogens with one attached hydrogen (secondary N) is 1. The molecule has 2 saturated heterocycles. The lowest BCUT2D eigenvalue weighted by molar-refractivity contribution is -0.140. The molecule has 0 aliphatic carbocycles. The predicted octanol–water partition coefficient (Wildman–Crippen LogP) is 1.40. The van der Waals surface area contributed by atoms with E-state index in [4.69, 9.17) is 4.74 Å². The maximum Gasteiger partial charge on any atom is 0.325 e. The maximum atomic E-state index is 13.1. The van der Waals surface area contributed by atoms with Gasteiger partial charge in [-0.25, -0.2) is 4.79 Å². The SMILES string of the molecule is CCN(C(=O)CN1C(=O)N[C@@](C)(c2ccc(OC)cc2)C1=O)C1CCN(C)CC1. The Kier molecular flexibility index (Phi) is 6.12. The van der Waals surface area contributed by atoms with Gasteiger partial charge in [-0.15, -0.1) is 0 Å². The van der Waals surface area contributed by atoms with E-state index in [-0.39, 0.29) is 18.5 Å². The fourth-order valence-corrected chi connectivity index (χ4v) is 4.13. The van der Waals surface area contributed by atoms with Crippen molar-refractivity contribution in [2.75, 3.05) is 40.3 Å². The van der Waals surface area contributed by atoms with Crippen molar-refractivity contribution >= 4 is 17.8 Å². The third-order valence-electron chi connectivity index (χ3n) is 6.03. The molecule has 8 nitrogen and oxygen atoms in total. The van der Waals surface area contributed by atoms with Crippen LogP contribution in [-0.2, 0) is 15.1 Å². The van der Waals surface area contributed by atoms with Gasteiger partial charge in [0.2, 0.25) is 5.91 Å². The molecule has 3 rings (SSSR count). The topological polar surface area (TPSA) is 82.2 Å². The molecule has 8 heteroatoms. The molecule has 0 radical (unpaired) electrons. The number of hydrogen-bond donors (Lipinski definition) is 1. The first-order valence-electron chi connectivity index (χ1n) is 10.1. The quantitative estimate of drug-likeness (QED) is 0.728. The summed E-state index contributed by atoms with van der Waals surface area (Å²) in [5.41, 5.74) is -0.553. The van der Waals surface area contributed by atoms with Crippen LogP contribution in [0, 0.1) is 0 Å². The van der Waals surface area contributed by atoms with Crippen LogP contribution in [0.3, 0.4) is 0 Å². The number of hydrogen-bond acceptors (Lipinski definition) is 5. The highest BCUT2D eigenvalue weighted by molar-refractivity contribution is 6.09. The number of carbonyl (C=O) groups excluding carboxylic acids is 3. The van der Waals surface area contributed by atoms with Crippen molar-refractivity contribution in [3.8, 4) is 5.75 Å². The van der Waals surface area contributed by atoms with E-state index in [0.717, 1.165) is 30.8 Å². The normalized spacial score (nSPS) is 23.2. The van der Waals surface area contributed by atoms with E-state index in [1.165, 1.54) is 0 Å². The molecule has 29 heavy (non-hydrogen) atoms. The van der Waals surface area contributed by atoms with Crippen LogP contribution in [0.25, 0.3) is 0 Å². The first-order chi connectivity index (χ1) is 13.8. The minimum Gasteiger partial charge on any atom is -0.497 e. The Morgan fingerprint density at radius 3 is 2.41 bits per heavy atom. The van der Waals surface area contributed by atoms with Gasteiger partial charge in [0, 0.05) is 12.6 Å². The van der Waals surface area contributed by atoms with Gasteiger partial charge in [-0.2, -0.15) is 0 Å². The predicted molar refractivity (Wildman–Crippen MR) is 108 cm³/mol. The van der Waals surface area contributed by atoms with Crippen LogP contribution in [0.5, 0.6) is 5.75 Å². The van der Waals surface area contributed by atoms with Crippen molar-refractivity contribution < 1.29 is 19.1 Å². The van der Waals surface area contributed by atoms with E-state index in [1.807, 2.05) is 6.92 Å². The molecule has 1 N–H and O–H groups in total. The molecule has 0 spiro atoms. The summed E-state index contributed by atoms with van der Waals surface area (Å²) >= 11 is 0. The van der Waals surface area contributed by atoms with E-state index in [0.29, 0.717) is 17.9 Å². The van der Waals surface area contributed by atoms with Crippen molar-refractivity contribution in [2.24, 2.45) is 0 Å². The smallest absolute Gasteiger partial charge is 0.325 e. The number of ether oxygens (including phenoxy) is 1. The van der Waals surface area contributed by atoms with Gasteiger partial charge in [-0.1, -0.05) is 12.1 Å². The van der Waals surface area contributed by atoms with Gasteiger partial charge < -0.3 is 19.9 Å². The zero-order valence-corrected chi connectivity index (χ0v) is 17.6. The average molecular weight is 402 g/mol. The minimum absolute atomic E-state index is 0.150. The number of methoxy groups -OCH3 is 1. The van der Waals surface area contributed by atoms with Gasteiger partial charge in [0.25, 0.3) is 5.91 Å². The molecule has 2 aliphatic heterocycles. The largest absolute Gasteiger partial charge is 0.497 e. The molecule has 1 aromatic carbocycles. The minimum atomic E-state index is -1.20. The number of nitrogens with zero attached hydrogens (tertiary/aromatic N) is 3. The molecule has 0 bridgehead atoms. The monoisotopic (exact) mass is 402 g/mol. The van der Waals surface area contributed by atoms with Gasteiger partial charge >= 0.3 is 6.03 Å². The van der Waals surface area contributed by atoms with Crippen LogP contribution in [0.2, 0.25) is 0 Å². The fourth-order valence-electron chi connectivity index (χ4n) is 4.13. The molecule has 158 valence electrons. The molecule has 0 unspecified atom stereocenters. The summed E-state index contributed by atoms with van der Waals surface area (Å²) in [6.45, 7) is 5.79. The van der Waals surface area contributed by atoms with E-state index in [2.05, 4.69) is 17.3 Å². The van der Waals surface area contributed by atoms with Crippen LogP contribution in [0.1, 0.15) is 32.3 Å². The zero-order chi connectivity index (χ0) is 21.2. The second-order valence-electron chi connectivity index (χ2n) is 7.89. The van der Waals surface area contributed by atoms with Crippen molar-refractivity contribution in [3.05, 3.63) is 29.8 Å². The average Bonchev–Trinajstić information content (AvgIpc) is 2.94. The Hall–Kier alpha value is -2.61. The Morgan fingerprint density at radius 2 is 1.86 bits per heavy atom. The number of rotatable bonds is 6. The third-order valence-corrected chi connectivity index (χ3v) is 6.03. The van der Waals surface area contributed by atoms with Crippen LogP contribution in [0.4, 0.5) is 4.79 Å². The molecule has 0 saturated carbocycles. The second-order valence-corrected chi connectivity index (χ2v) is 7.89. The van der Waals surface area contributed by atoms with Gasteiger partial charge in [0.05, 0.1) is 7.11 Å².